The standard InChI is InChI=1S/C19H33N3O2S.HI/c1-6-20-19(21-11-17(23)14-24-13-15(2)3)22(4)12-16-7-9-18(25-5)10-8-16;/h7-10,15,17,23H,6,11-14H2,1-5H3,(H,20,21);1H. The lowest BCUT2D eigenvalue weighted by Gasteiger charge is -2.23. The summed E-state index contributed by atoms with van der Waals surface area (Å²) in [6, 6.07) is 8.54. The Morgan fingerprint density at radius 2 is 1.92 bits per heavy atom. The molecule has 0 radical (unpaired) electrons. The van der Waals surface area contributed by atoms with E-state index in [9.17, 15) is 5.11 Å². The quantitative estimate of drug-likeness (QED) is 0.226. The lowest BCUT2D eigenvalue weighted by atomic mass is 10.2. The zero-order valence-corrected chi connectivity index (χ0v) is 19.7. The number of nitrogens with zero attached hydrogens (tertiary/aromatic N) is 2. The van der Waals surface area contributed by atoms with Crippen molar-refractivity contribution in [1.82, 2.24) is 10.2 Å². The molecule has 1 aromatic carbocycles. The van der Waals surface area contributed by atoms with Crippen molar-refractivity contribution in [3.05, 3.63) is 29.8 Å². The van der Waals surface area contributed by atoms with Crippen molar-refractivity contribution in [2.45, 2.75) is 38.3 Å². The fraction of sp³-hybridized carbons (Fsp3) is 0.632. The van der Waals surface area contributed by atoms with E-state index in [0.29, 0.717) is 25.7 Å². The van der Waals surface area contributed by atoms with Crippen molar-refractivity contribution >= 4 is 41.7 Å². The molecule has 0 aliphatic heterocycles. The van der Waals surface area contributed by atoms with Gasteiger partial charge in [-0.05, 0) is 36.8 Å². The third-order valence-electron chi connectivity index (χ3n) is 3.49. The Hall–Kier alpha value is -0.510. The van der Waals surface area contributed by atoms with Crippen LogP contribution >= 0.6 is 35.7 Å². The molecule has 0 fully saturated rings. The highest BCUT2D eigenvalue weighted by atomic mass is 127. The molecular formula is C19H34IN3O2S. The summed E-state index contributed by atoms with van der Waals surface area (Å²) < 4.78 is 5.47. The molecule has 7 heteroatoms. The Bertz CT molecular complexity index is 512. The topological polar surface area (TPSA) is 57.1 Å². The average molecular weight is 495 g/mol. The van der Waals surface area contributed by atoms with Gasteiger partial charge in [0.1, 0.15) is 0 Å². The van der Waals surface area contributed by atoms with Gasteiger partial charge < -0.3 is 20.1 Å². The summed E-state index contributed by atoms with van der Waals surface area (Å²) in [6.07, 6.45) is 1.49. The van der Waals surface area contributed by atoms with Crippen LogP contribution in [-0.4, -0.2) is 61.7 Å². The SMILES string of the molecule is CCNC(=NCC(O)COCC(C)C)N(C)Cc1ccc(SC)cc1.I. The Morgan fingerprint density at radius 1 is 1.27 bits per heavy atom. The molecule has 1 atom stereocenters. The molecule has 0 aromatic heterocycles. The zero-order chi connectivity index (χ0) is 18.7. The largest absolute Gasteiger partial charge is 0.389 e. The minimum absolute atomic E-state index is 0. The minimum atomic E-state index is -0.582. The van der Waals surface area contributed by atoms with Gasteiger partial charge in [0.05, 0.1) is 19.3 Å². The van der Waals surface area contributed by atoms with Crippen LogP contribution in [0.1, 0.15) is 26.3 Å². The summed E-state index contributed by atoms with van der Waals surface area (Å²) in [7, 11) is 2.01. The van der Waals surface area contributed by atoms with Gasteiger partial charge in [0.15, 0.2) is 5.96 Å². The summed E-state index contributed by atoms with van der Waals surface area (Å²) in [4.78, 5) is 7.87. The lowest BCUT2D eigenvalue weighted by Crippen LogP contribution is -2.39. The highest BCUT2D eigenvalue weighted by Gasteiger charge is 2.09. The van der Waals surface area contributed by atoms with E-state index < -0.39 is 6.10 Å². The summed E-state index contributed by atoms with van der Waals surface area (Å²) in [5, 5.41) is 13.3. The van der Waals surface area contributed by atoms with E-state index >= 15 is 0 Å². The molecular weight excluding hydrogens is 461 g/mol. The summed E-state index contributed by atoms with van der Waals surface area (Å²) >= 11 is 1.74. The number of ether oxygens (including phenoxy) is 1. The second kappa shape index (κ2) is 14.5. The fourth-order valence-corrected chi connectivity index (χ4v) is 2.64. The number of aliphatic imine (C=N–C) groups is 1. The second-order valence-corrected chi connectivity index (χ2v) is 7.36. The van der Waals surface area contributed by atoms with Crippen molar-refractivity contribution in [2.24, 2.45) is 10.9 Å². The van der Waals surface area contributed by atoms with Crippen LogP contribution in [0.5, 0.6) is 0 Å². The maximum atomic E-state index is 10.0. The number of hydrogen-bond donors (Lipinski definition) is 2. The van der Waals surface area contributed by atoms with E-state index in [1.165, 1.54) is 10.5 Å². The minimum Gasteiger partial charge on any atom is -0.389 e. The maximum Gasteiger partial charge on any atom is 0.194 e. The van der Waals surface area contributed by atoms with Crippen molar-refractivity contribution in [2.75, 3.05) is 39.6 Å². The Morgan fingerprint density at radius 3 is 2.46 bits per heavy atom. The van der Waals surface area contributed by atoms with E-state index in [4.69, 9.17) is 4.74 Å². The van der Waals surface area contributed by atoms with Gasteiger partial charge in [-0.1, -0.05) is 26.0 Å². The number of aliphatic hydroxyl groups is 1. The third-order valence-corrected chi connectivity index (χ3v) is 4.23. The van der Waals surface area contributed by atoms with Gasteiger partial charge in [0.25, 0.3) is 0 Å². The van der Waals surface area contributed by atoms with E-state index in [1.807, 2.05) is 14.0 Å². The number of thioether (sulfide) groups is 1. The van der Waals surface area contributed by atoms with Crippen LogP contribution in [0.4, 0.5) is 0 Å². The average Bonchev–Trinajstić information content (AvgIpc) is 2.58. The fourth-order valence-electron chi connectivity index (χ4n) is 2.23. The second-order valence-electron chi connectivity index (χ2n) is 6.48. The molecule has 0 saturated carbocycles. The lowest BCUT2D eigenvalue weighted by molar-refractivity contribution is 0.0300. The first kappa shape index (κ1) is 25.5. The molecule has 0 aliphatic rings. The zero-order valence-electron chi connectivity index (χ0n) is 16.6. The van der Waals surface area contributed by atoms with Crippen LogP contribution in [0.25, 0.3) is 0 Å². The molecule has 0 bridgehead atoms. The van der Waals surface area contributed by atoms with Gasteiger partial charge in [-0.15, -0.1) is 35.7 Å². The van der Waals surface area contributed by atoms with E-state index in [2.05, 4.69) is 59.6 Å². The van der Waals surface area contributed by atoms with E-state index in [-0.39, 0.29) is 24.0 Å². The number of hydrogen-bond acceptors (Lipinski definition) is 4. The van der Waals surface area contributed by atoms with Gasteiger partial charge in [-0.25, -0.2) is 0 Å². The first-order valence-electron chi connectivity index (χ1n) is 8.84. The third kappa shape index (κ3) is 10.6. The van der Waals surface area contributed by atoms with Gasteiger partial charge >= 0.3 is 0 Å². The molecule has 0 saturated heterocycles. The van der Waals surface area contributed by atoms with Crippen LogP contribution in [0, 0.1) is 5.92 Å². The predicted octanol–water partition coefficient (Wildman–Crippen LogP) is 3.46. The van der Waals surface area contributed by atoms with Gasteiger partial charge in [0, 0.05) is 31.6 Å². The number of aliphatic hydroxyl groups excluding tert-OH is 1. The molecule has 1 unspecified atom stereocenters. The van der Waals surface area contributed by atoms with Crippen LogP contribution in [0.15, 0.2) is 34.2 Å². The van der Waals surface area contributed by atoms with Crippen LogP contribution < -0.4 is 5.32 Å². The highest BCUT2D eigenvalue weighted by molar-refractivity contribution is 14.0. The molecule has 0 heterocycles. The first-order chi connectivity index (χ1) is 12.0. The van der Waals surface area contributed by atoms with Crippen molar-refractivity contribution in [3.63, 3.8) is 0 Å². The monoisotopic (exact) mass is 495 g/mol. The highest BCUT2D eigenvalue weighted by Crippen LogP contribution is 2.15. The van der Waals surface area contributed by atoms with Crippen molar-refractivity contribution < 1.29 is 9.84 Å². The normalized spacial score (nSPS) is 12.7. The number of benzene rings is 1. The smallest absolute Gasteiger partial charge is 0.194 e. The maximum absolute atomic E-state index is 10.0. The molecule has 2 N–H and O–H groups in total. The molecule has 26 heavy (non-hydrogen) atoms. The Kier molecular flexibility index (Phi) is 14.3. The van der Waals surface area contributed by atoms with E-state index in [1.54, 1.807) is 11.8 Å². The first-order valence-corrected chi connectivity index (χ1v) is 10.1. The number of guanidine groups is 1. The summed E-state index contributed by atoms with van der Waals surface area (Å²) in [5.74, 6) is 1.26. The van der Waals surface area contributed by atoms with Crippen LogP contribution in [0.2, 0.25) is 0 Å². The molecule has 1 aromatic rings. The van der Waals surface area contributed by atoms with Crippen molar-refractivity contribution in [1.29, 1.82) is 0 Å². The molecule has 5 nitrogen and oxygen atoms in total. The molecule has 0 amide bonds. The number of nitrogens with one attached hydrogen (secondary N) is 1. The summed E-state index contributed by atoms with van der Waals surface area (Å²) in [5.41, 5.74) is 1.23. The van der Waals surface area contributed by atoms with Crippen LogP contribution in [-0.2, 0) is 11.3 Å². The Balaban J connectivity index is 0.00000625. The van der Waals surface area contributed by atoms with E-state index in [0.717, 1.165) is 19.0 Å². The van der Waals surface area contributed by atoms with Gasteiger partial charge in [-0.3, -0.25) is 4.99 Å². The number of rotatable bonds is 10. The Labute approximate surface area is 180 Å². The molecule has 0 aliphatic carbocycles. The molecule has 150 valence electrons. The predicted molar refractivity (Wildman–Crippen MR) is 123 cm³/mol. The number of halogens is 1. The van der Waals surface area contributed by atoms with Gasteiger partial charge in [-0.2, -0.15) is 0 Å². The molecule has 1 rings (SSSR count). The molecule has 0 spiro atoms. The van der Waals surface area contributed by atoms with Gasteiger partial charge in [0.2, 0.25) is 0 Å². The van der Waals surface area contributed by atoms with Crippen LogP contribution in [0.3, 0.4) is 0 Å². The van der Waals surface area contributed by atoms with Crippen molar-refractivity contribution in [3.8, 4) is 0 Å². The summed E-state index contributed by atoms with van der Waals surface area (Å²) in [6.45, 7) is 9.08.